The molecule has 2 aromatic rings. The molecule has 0 unspecified atom stereocenters. The second kappa shape index (κ2) is 5.71. The molecule has 0 N–H and O–H groups in total. The number of benzene rings is 2. The maximum Gasteiger partial charge on any atom is 0.329 e. The van der Waals surface area contributed by atoms with Crippen LogP contribution in [0.25, 0.3) is 0 Å². The first kappa shape index (κ1) is 16.4. The Morgan fingerprint density at radius 1 is 0.960 bits per heavy atom. The molecule has 2 aromatic carbocycles. The van der Waals surface area contributed by atoms with Crippen molar-refractivity contribution < 1.29 is 17.6 Å². The van der Waals surface area contributed by atoms with Gasteiger partial charge in [-0.05, 0) is 42.5 Å². The number of carbonyl (C=O) groups excluding carboxylic acids is 1. The van der Waals surface area contributed by atoms with Gasteiger partial charge in [0.1, 0.15) is 5.82 Å². The predicted molar refractivity (Wildman–Crippen MR) is 94.4 cm³/mol. The fourth-order valence-electron chi connectivity index (χ4n) is 3.54. The van der Waals surface area contributed by atoms with Gasteiger partial charge in [-0.3, -0.25) is 9.80 Å². The summed E-state index contributed by atoms with van der Waals surface area (Å²) in [7, 11) is -3.27. The molecule has 5 nitrogen and oxygen atoms in total. The Labute approximate surface area is 149 Å². The molecule has 2 saturated heterocycles. The number of amides is 2. The number of halogens is 2. The third kappa shape index (κ3) is 2.77. The van der Waals surface area contributed by atoms with Gasteiger partial charge in [0.25, 0.3) is 0 Å². The second-order valence-corrected chi connectivity index (χ2v) is 8.78. The fraction of sp³-hybridized carbons (Fsp3) is 0.235. The number of anilines is 2. The van der Waals surface area contributed by atoms with Crippen molar-refractivity contribution in [3.8, 4) is 0 Å². The lowest BCUT2D eigenvalue weighted by molar-refractivity contribution is 0.255. The summed E-state index contributed by atoms with van der Waals surface area (Å²) < 4.78 is 37.6. The molecule has 130 valence electrons. The molecule has 2 aliphatic heterocycles. The van der Waals surface area contributed by atoms with Gasteiger partial charge < -0.3 is 0 Å². The SMILES string of the molecule is O=C1N(c2cccc(Cl)c2)[C@@H]2CS(=O)(=O)C[C@@H]2N1c1ccc(F)cc1. The number of fused-ring (bicyclic) bond motifs is 1. The normalized spacial score (nSPS) is 24.6. The summed E-state index contributed by atoms with van der Waals surface area (Å²) in [5.41, 5.74) is 1.03. The highest BCUT2D eigenvalue weighted by Gasteiger charge is 2.54. The first-order chi connectivity index (χ1) is 11.9. The molecule has 0 radical (unpaired) electrons. The van der Waals surface area contributed by atoms with Crippen LogP contribution in [0.3, 0.4) is 0 Å². The largest absolute Gasteiger partial charge is 0.329 e. The lowest BCUT2D eigenvalue weighted by Gasteiger charge is -2.22. The third-order valence-electron chi connectivity index (χ3n) is 4.56. The van der Waals surface area contributed by atoms with E-state index in [4.69, 9.17) is 11.6 Å². The minimum Gasteiger partial charge on any atom is -0.288 e. The quantitative estimate of drug-likeness (QED) is 0.752. The monoisotopic (exact) mass is 380 g/mol. The van der Waals surface area contributed by atoms with Crippen molar-refractivity contribution in [2.24, 2.45) is 0 Å². The molecule has 2 amide bonds. The van der Waals surface area contributed by atoms with Gasteiger partial charge in [0.15, 0.2) is 9.84 Å². The molecule has 0 saturated carbocycles. The van der Waals surface area contributed by atoms with E-state index in [9.17, 15) is 17.6 Å². The van der Waals surface area contributed by atoms with Crippen LogP contribution in [0.1, 0.15) is 0 Å². The summed E-state index contributed by atoms with van der Waals surface area (Å²) in [6, 6.07) is 10.9. The van der Waals surface area contributed by atoms with Crippen LogP contribution in [0.5, 0.6) is 0 Å². The van der Waals surface area contributed by atoms with E-state index in [-0.39, 0.29) is 17.5 Å². The maximum absolute atomic E-state index is 13.2. The molecule has 2 fully saturated rings. The van der Waals surface area contributed by atoms with E-state index in [0.717, 1.165) is 0 Å². The van der Waals surface area contributed by atoms with Crippen molar-refractivity contribution >= 4 is 38.8 Å². The molecule has 25 heavy (non-hydrogen) atoms. The third-order valence-corrected chi connectivity index (χ3v) is 6.49. The molecule has 2 aliphatic rings. The van der Waals surface area contributed by atoms with Crippen LogP contribution in [-0.2, 0) is 9.84 Å². The highest BCUT2D eigenvalue weighted by atomic mass is 35.5. The smallest absolute Gasteiger partial charge is 0.288 e. The summed E-state index contributed by atoms with van der Waals surface area (Å²) in [6.07, 6.45) is 0. The topological polar surface area (TPSA) is 57.7 Å². The first-order valence-corrected chi connectivity index (χ1v) is 9.90. The highest BCUT2D eigenvalue weighted by molar-refractivity contribution is 7.91. The molecule has 0 aliphatic carbocycles. The molecule has 2 heterocycles. The van der Waals surface area contributed by atoms with E-state index in [1.807, 2.05) is 0 Å². The van der Waals surface area contributed by atoms with Gasteiger partial charge >= 0.3 is 6.03 Å². The van der Waals surface area contributed by atoms with Crippen LogP contribution < -0.4 is 9.80 Å². The molecule has 8 heteroatoms. The summed E-state index contributed by atoms with van der Waals surface area (Å²) in [6.45, 7) is 0. The van der Waals surface area contributed by atoms with Crippen molar-refractivity contribution in [2.45, 2.75) is 12.1 Å². The Bertz CT molecular complexity index is 949. The van der Waals surface area contributed by atoms with Gasteiger partial charge in [-0.25, -0.2) is 17.6 Å². The van der Waals surface area contributed by atoms with Gasteiger partial charge in [-0.1, -0.05) is 17.7 Å². The van der Waals surface area contributed by atoms with Gasteiger partial charge in [0.2, 0.25) is 0 Å². The van der Waals surface area contributed by atoms with Gasteiger partial charge in [0.05, 0.1) is 23.6 Å². The Morgan fingerprint density at radius 2 is 1.56 bits per heavy atom. The number of carbonyl (C=O) groups is 1. The zero-order chi connectivity index (χ0) is 17.8. The van der Waals surface area contributed by atoms with Gasteiger partial charge in [0, 0.05) is 16.4 Å². The van der Waals surface area contributed by atoms with Crippen LogP contribution in [0, 0.1) is 5.82 Å². The standard InChI is InChI=1S/C17H14ClFN2O3S/c18-11-2-1-3-14(8-11)21-16-10-25(23,24)9-15(16)20(17(21)22)13-6-4-12(19)5-7-13/h1-8,15-16H,9-10H2/t15-,16+/m0/s1. The Balaban J connectivity index is 1.81. The number of hydrogen-bond donors (Lipinski definition) is 0. The Morgan fingerprint density at radius 3 is 2.16 bits per heavy atom. The average molecular weight is 381 g/mol. The molecular weight excluding hydrogens is 367 g/mol. The lowest BCUT2D eigenvalue weighted by Crippen LogP contribution is -2.37. The van der Waals surface area contributed by atoms with Gasteiger partial charge in [-0.2, -0.15) is 0 Å². The van der Waals surface area contributed by atoms with Crippen molar-refractivity contribution in [3.05, 3.63) is 59.4 Å². The maximum atomic E-state index is 13.2. The van der Waals surface area contributed by atoms with Crippen LogP contribution >= 0.6 is 11.6 Å². The molecule has 0 spiro atoms. The number of nitrogens with zero attached hydrogens (tertiary/aromatic N) is 2. The number of hydrogen-bond acceptors (Lipinski definition) is 3. The second-order valence-electron chi connectivity index (χ2n) is 6.19. The number of urea groups is 1. The zero-order valence-electron chi connectivity index (χ0n) is 13.0. The van der Waals surface area contributed by atoms with Crippen molar-refractivity contribution in [2.75, 3.05) is 21.3 Å². The average Bonchev–Trinajstić information content (AvgIpc) is 2.97. The lowest BCUT2D eigenvalue weighted by atomic mass is 10.1. The van der Waals surface area contributed by atoms with Crippen molar-refractivity contribution in [3.63, 3.8) is 0 Å². The zero-order valence-corrected chi connectivity index (χ0v) is 14.5. The van der Waals surface area contributed by atoms with Crippen LogP contribution in [-0.4, -0.2) is 38.0 Å². The molecule has 4 rings (SSSR count). The van der Waals surface area contributed by atoms with E-state index in [0.29, 0.717) is 16.4 Å². The van der Waals surface area contributed by atoms with E-state index in [1.54, 1.807) is 24.3 Å². The highest BCUT2D eigenvalue weighted by Crippen LogP contribution is 2.38. The Hall–Kier alpha value is -2.12. The molecular formula is C17H14ClFN2O3S. The van der Waals surface area contributed by atoms with E-state index >= 15 is 0 Å². The van der Waals surface area contributed by atoms with E-state index in [2.05, 4.69) is 0 Å². The van der Waals surface area contributed by atoms with Crippen LogP contribution in [0.2, 0.25) is 5.02 Å². The van der Waals surface area contributed by atoms with Crippen LogP contribution in [0.4, 0.5) is 20.6 Å². The van der Waals surface area contributed by atoms with Crippen molar-refractivity contribution in [1.82, 2.24) is 0 Å². The fourth-order valence-corrected chi connectivity index (χ4v) is 5.64. The van der Waals surface area contributed by atoms with Crippen LogP contribution in [0.15, 0.2) is 48.5 Å². The predicted octanol–water partition coefficient (Wildman–Crippen LogP) is 3.09. The number of sulfone groups is 1. The Kier molecular flexibility index (Phi) is 3.73. The molecule has 0 aromatic heterocycles. The minimum atomic E-state index is -3.27. The summed E-state index contributed by atoms with van der Waals surface area (Å²) in [4.78, 5) is 16.0. The van der Waals surface area contributed by atoms with E-state index in [1.165, 1.54) is 34.1 Å². The summed E-state index contributed by atoms with van der Waals surface area (Å²) in [5, 5.41) is 0.461. The molecule has 2 atom stereocenters. The molecule has 0 bridgehead atoms. The minimum absolute atomic E-state index is 0.104. The van der Waals surface area contributed by atoms with E-state index < -0.39 is 27.7 Å². The summed E-state index contributed by atoms with van der Waals surface area (Å²) in [5.74, 6) is -0.636. The van der Waals surface area contributed by atoms with Gasteiger partial charge in [-0.15, -0.1) is 0 Å². The summed E-state index contributed by atoms with van der Waals surface area (Å²) >= 11 is 6.03. The number of rotatable bonds is 2. The van der Waals surface area contributed by atoms with Crippen molar-refractivity contribution in [1.29, 1.82) is 0 Å². The first-order valence-electron chi connectivity index (χ1n) is 7.70.